The lowest BCUT2D eigenvalue weighted by molar-refractivity contribution is -0.136. The summed E-state index contributed by atoms with van der Waals surface area (Å²) in [5, 5.41) is 0. The van der Waals surface area contributed by atoms with E-state index in [4.69, 9.17) is 15.2 Å². The van der Waals surface area contributed by atoms with Crippen LogP contribution >= 0.6 is 12.4 Å². The standard InChI is InChI=1S/C19H26N2O3.ClH/c1-12-4-5-21(14(8-12)11-20)19(22)16-10-15(16)13-2-3-17-18(9-13)24-7-6-23-17;/h2-3,9,12,14-16H,4-8,10-11,20H2,1H3;1H. The van der Waals surface area contributed by atoms with Gasteiger partial charge in [-0.3, -0.25) is 4.79 Å². The highest BCUT2D eigenvalue weighted by atomic mass is 35.5. The van der Waals surface area contributed by atoms with Gasteiger partial charge in [-0.1, -0.05) is 13.0 Å². The zero-order chi connectivity index (χ0) is 16.7. The summed E-state index contributed by atoms with van der Waals surface area (Å²) < 4.78 is 11.2. The Morgan fingerprint density at radius 1 is 1.24 bits per heavy atom. The van der Waals surface area contributed by atoms with Crippen LogP contribution in [0.25, 0.3) is 0 Å². The fourth-order valence-electron chi connectivity index (χ4n) is 4.11. The zero-order valence-electron chi connectivity index (χ0n) is 14.6. The molecule has 2 heterocycles. The van der Waals surface area contributed by atoms with E-state index in [0.29, 0.717) is 31.6 Å². The number of nitrogens with zero attached hydrogens (tertiary/aromatic N) is 1. The lowest BCUT2D eigenvalue weighted by Gasteiger charge is -2.38. The maximum Gasteiger partial charge on any atom is 0.226 e. The zero-order valence-corrected chi connectivity index (χ0v) is 15.5. The van der Waals surface area contributed by atoms with E-state index in [1.165, 1.54) is 5.56 Å². The number of halogens is 1. The van der Waals surface area contributed by atoms with Gasteiger partial charge in [0.05, 0.1) is 0 Å². The van der Waals surface area contributed by atoms with E-state index < -0.39 is 0 Å². The van der Waals surface area contributed by atoms with E-state index in [-0.39, 0.29) is 30.3 Å². The Kier molecular flexibility index (Phi) is 5.44. The molecule has 5 nitrogen and oxygen atoms in total. The van der Waals surface area contributed by atoms with Gasteiger partial charge in [0.2, 0.25) is 5.91 Å². The fraction of sp³-hybridized carbons (Fsp3) is 0.632. The summed E-state index contributed by atoms with van der Waals surface area (Å²) in [6.07, 6.45) is 3.05. The third-order valence-electron chi connectivity index (χ3n) is 5.64. The van der Waals surface area contributed by atoms with Crippen LogP contribution in [0.4, 0.5) is 0 Å². The molecule has 2 fully saturated rings. The lowest BCUT2D eigenvalue weighted by atomic mass is 9.92. The first-order valence-corrected chi connectivity index (χ1v) is 9.07. The van der Waals surface area contributed by atoms with Crippen LogP contribution in [0.5, 0.6) is 11.5 Å². The summed E-state index contributed by atoms with van der Waals surface area (Å²) in [5.74, 6) is 2.99. The van der Waals surface area contributed by atoms with Gasteiger partial charge in [-0.2, -0.15) is 0 Å². The lowest BCUT2D eigenvalue weighted by Crippen LogP contribution is -2.49. The normalized spacial score (nSPS) is 30.4. The minimum Gasteiger partial charge on any atom is -0.486 e. The van der Waals surface area contributed by atoms with Crippen LogP contribution < -0.4 is 15.2 Å². The van der Waals surface area contributed by atoms with Crippen molar-refractivity contribution in [2.45, 2.75) is 38.1 Å². The summed E-state index contributed by atoms with van der Waals surface area (Å²) in [6, 6.07) is 6.30. The molecule has 6 heteroatoms. The second kappa shape index (κ2) is 7.42. The summed E-state index contributed by atoms with van der Waals surface area (Å²) in [7, 11) is 0. The second-order valence-corrected chi connectivity index (χ2v) is 7.40. The van der Waals surface area contributed by atoms with Crippen LogP contribution in [0, 0.1) is 11.8 Å². The second-order valence-electron chi connectivity index (χ2n) is 7.40. The molecular formula is C19H27ClN2O3. The van der Waals surface area contributed by atoms with E-state index in [1.807, 2.05) is 17.0 Å². The van der Waals surface area contributed by atoms with E-state index in [1.54, 1.807) is 0 Å². The Labute approximate surface area is 155 Å². The number of likely N-dealkylation sites (tertiary alicyclic amines) is 1. The highest BCUT2D eigenvalue weighted by Crippen LogP contribution is 2.50. The van der Waals surface area contributed by atoms with Crippen molar-refractivity contribution in [1.29, 1.82) is 0 Å². The Morgan fingerprint density at radius 2 is 2.00 bits per heavy atom. The third kappa shape index (κ3) is 3.58. The molecule has 0 bridgehead atoms. The van der Waals surface area contributed by atoms with Crippen molar-refractivity contribution >= 4 is 18.3 Å². The number of carbonyl (C=O) groups excluding carboxylic acids is 1. The van der Waals surface area contributed by atoms with Gasteiger partial charge in [-0.15, -0.1) is 12.4 Å². The highest BCUT2D eigenvalue weighted by molar-refractivity contribution is 5.85. The number of hydrogen-bond acceptors (Lipinski definition) is 4. The summed E-state index contributed by atoms with van der Waals surface area (Å²) in [4.78, 5) is 15.0. The molecule has 3 aliphatic rings. The SMILES string of the molecule is CC1CCN(C(=O)C2CC2c2ccc3c(c2)OCCO3)C(CN)C1.Cl. The average molecular weight is 367 g/mol. The van der Waals surface area contributed by atoms with Crippen molar-refractivity contribution in [3.05, 3.63) is 23.8 Å². The summed E-state index contributed by atoms with van der Waals surface area (Å²) in [5.41, 5.74) is 7.10. The molecule has 1 aromatic rings. The van der Waals surface area contributed by atoms with Crippen LogP contribution in [0.15, 0.2) is 18.2 Å². The number of ether oxygens (including phenoxy) is 2. The smallest absolute Gasteiger partial charge is 0.226 e. The number of hydrogen-bond donors (Lipinski definition) is 1. The molecule has 1 aliphatic carbocycles. The first-order chi connectivity index (χ1) is 11.7. The number of amides is 1. The van der Waals surface area contributed by atoms with Crippen LogP contribution in [-0.2, 0) is 4.79 Å². The summed E-state index contributed by atoms with van der Waals surface area (Å²) in [6.45, 7) is 4.86. The molecule has 1 aromatic carbocycles. The molecule has 2 aliphatic heterocycles. The minimum atomic E-state index is 0. The first-order valence-electron chi connectivity index (χ1n) is 9.07. The minimum absolute atomic E-state index is 0. The molecule has 0 radical (unpaired) electrons. The molecule has 25 heavy (non-hydrogen) atoms. The number of nitrogens with two attached hydrogens (primary N) is 1. The predicted molar refractivity (Wildman–Crippen MR) is 98.5 cm³/mol. The Morgan fingerprint density at radius 3 is 2.76 bits per heavy atom. The number of benzene rings is 1. The molecule has 1 saturated carbocycles. The quantitative estimate of drug-likeness (QED) is 0.892. The van der Waals surface area contributed by atoms with Gasteiger partial charge in [0.15, 0.2) is 11.5 Å². The topological polar surface area (TPSA) is 64.8 Å². The largest absolute Gasteiger partial charge is 0.486 e. The first kappa shape index (κ1) is 18.3. The average Bonchev–Trinajstić information content (AvgIpc) is 3.41. The van der Waals surface area contributed by atoms with Gasteiger partial charge in [0.25, 0.3) is 0 Å². The Hall–Kier alpha value is -1.46. The van der Waals surface area contributed by atoms with Crippen molar-refractivity contribution in [2.75, 3.05) is 26.3 Å². The van der Waals surface area contributed by atoms with Crippen LogP contribution in [0.3, 0.4) is 0 Å². The van der Waals surface area contributed by atoms with Gasteiger partial charge in [0, 0.05) is 25.0 Å². The van der Waals surface area contributed by atoms with Crippen molar-refractivity contribution in [3.63, 3.8) is 0 Å². The van der Waals surface area contributed by atoms with Crippen LogP contribution in [0.2, 0.25) is 0 Å². The number of rotatable bonds is 3. The maximum absolute atomic E-state index is 12.9. The highest BCUT2D eigenvalue weighted by Gasteiger charge is 2.47. The molecule has 1 amide bonds. The number of piperidine rings is 1. The molecular weight excluding hydrogens is 340 g/mol. The summed E-state index contributed by atoms with van der Waals surface area (Å²) >= 11 is 0. The van der Waals surface area contributed by atoms with Gasteiger partial charge >= 0.3 is 0 Å². The molecule has 1 saturated heterocycles. The van der Waals surface area contributed by atoms with Crippen molar-refractivity contribution in [2.24, 2.45) is 17.6 Å². The molecule has 4 unspecified atom stereocenters. The monoisotopic (exact) mass is 366 g/mol. The third-order valence-corrected chi connectivity index (χ3v) is 5.64. The molecule has 2 N–H and O–H groups in total. The predicted octanol–water partition coefficient (Wildman–Crippen LogP) is 2.57. The Bertz CT molecular complexity index is 639. The van der Waals surface area contributed by atoms with Crippen molar-refractivity contribution in [3.8, 4) is 11.5 Å². The van der Waals surface area contributed by atoms with E-state index in [2.05, 4.69) is 13.0 Å². The van der Waals surface area contributed by atoms with Gasteiger partial charge in [-0.05, 0) is 48.8 Å². The molecule has 4 atom stereocenters. The van der Waals surface area contributed by atoms with Crippen molar-refractivity contribution < 1.29 is 14.3 Å². The number of fused-ring (bicyclic) bond motifs is 1. The molecule has 138 valence electrons. The Balaban J connectivity index is 0.00000182. The molecule has 0 aromatic heterocycles. The van der Waals surface area contributed by atoms with E-state index >= 15 is 0 Å². The van der Waals surface area contributed by atoms with Gasteiger partial charge in [-0.25, -0.2) is 0 Å². The molecule has 4 rings (SSSR count). The number of carbonyl (C=O) groups is 1. The van der Waals surface area contributed by atoms with Gasteiger partial charge in [0.1, 0.15) is 13.2 Å². The van der Waals surface area contributed by atoms with E-state index in [9.17, 15) is 4.79 Å². The molecule has 0 spiro atoms. The van der Waals surface area contributed by atoms with Crippen molar-refractivity contribution in [1.82, 2.24) is 4.90 Å². The van der Waals surface area contributed by atoms with E-state index in [0.717, 1.165) is 37.3 Å². The maximum atomic E-state index is 12.9. The fourth-order valence-corrected chi connectivity index (χ4v) is 4.11. The van der Waals surface area contributed by atoms with Gasteiger partial charge < -0.3 is 20.1 Å². The van der Waals surface area contributed by atoms with Crippen LogP contribution in [0.1, 0.15) is 37.7 Å². The van der Waals surface area contributed by atoms with Crippen LogP contribution in [-0.4, -0.2) is 43.2 Å².